The first-order valence-corrected chi connectivity index (χ1v) is 9.03. The molecule has 2 aliphatic heterocycles. The number of nitrogens with zero attached hydrogens (tertiary/aromatic N) is 5. The molecule has 2 aliphatic rings. The van der Waals surface area contributed by atoms with Crippen molar-refractivity contribution in [3.05, 3.63) is 36.3 Å². The third-order valence-corrected chi connectivity index (χ3v) is 5.13. The van der Waals surface area contributed by atoms with E-state index in [4.69, 9.17) is 0 Å². The first-order chi connectivity index (χ1) is 12.2. The molecular formula is C18H24N6O. The monoisotopic (exact) mass is 340 g/mol. The molecule has 1 amide bonds. The maximum atomic E-state index is 12.8. The van der Waals surface area contributed by atoms with Gasteiger partial charge in [-0.05, 0) is 26.2 Å². The van der Waals surface area contributed by atoms with E-state index in [1.54, 1.807) is 18.6 Å². The van der Waals surface area contributed by atoms with Crippen molar-refractivity contribution in [2.45, 2.75) is 45.2 Å². The minimum Gasteiger partial charge on any atom is -0.355 e. The van der Waals surface area contributed by atoms with E-state index in [1.165, 1.54) is 0 Å². The molecule has 0 aliphatic carbocycles. The minimum absolute atomic E-state index is 0.0154. The molecule has 0 spiro atoms. The molecule has 132 valence electrons. The van der Waals surface area contributed by atoms with Crippen LogP contribution in [0.15, 0.2) is 24.8 Å². The SMILES string of the molecule is Cc1cn2c(n1)CCC(NC(=O)C1CCCN(c3cnccn3)C1)C2. The third-order valence-electron chi connectivity index (χ3n) is 5.13. The fourth-order valence-electron chi connectivity index (χ4n) is 3.88. The van der Waals surface area contributed by atoms with Crippen molar-refractivity contribution in [3.8, 4) is 0 Å². The van der Waals surface area contributed by atoms with E-state index in [9.17, 15) is 4.79 Å². The Morgan fingerprint density at radius 1 is 1.28 bits per heavy atom. The average molecular weight is 340 g/mol. The molecule has 7 heteroatoms. The number of nitrogens with one attached hydrogen (secondary N) is 1. The van der Waals surface area contributed by atoms with E-state index < -0.39 is 0 Å². The predicted octanol–water partition coefficient (Wildman–Crippen LogP) is 1.33. The highest BCUT2D eigenvalue weighted by atomic mass is 16.2. The van der Waals surface area contributed by atoms with Gasteiger partial charge in [0.05, 0.1) is 17.8 Å². The van der Waals surface area contributed by atoms with Gasteiger partial charge in [-0.15, -0.1) is 0 Å². The Bertz CT molecular complexity index is 743. The van der Waals surface area contributed by atoms with Crippen LogP contribution in [0, 0.1) is 12.8 Å². The number of aromatic nitrogens is 4. The van der Waals surface area contributed by atoms with Crippen LogP contribution in [0.5, 0.6) is 0 Å². The summed E-state index contributed by atoms with van der Waals surface area (Å²) in [6.45, 7) is 4.49. The summed E-state index contributed by atoms with van der Waals surface area (Å²) in [4.78, 5) is 28.0. The van der Waals surface area contributed by atoms with Gasteiger partial charge in [-0.1, -0.05) is 0 Å². The van der Waals surface area contributed by atoms with Gasteiger partial charge >= 0.3 is 0 Å². The molecule has 0 radical (unpaired) electrons. The lowest BCUT2D eigenvalue weighted by Crippen LogP contribution is -2.48. The predicted molar refractivity (Wildman–Crippen MR) is 94.2 cm³/mol. The van der Waals surface area contributed by atoms with Crippen LogP contribution in [0.3, 0.4) is 0 Å². The molecule has 1 saturated heterocycles. The highest BCUT2D eigenvalue weighted by Gasteiger charge is 2.29. The van der Waals surface area contributed by atoms with E-state index in [-0.39, 0.29) is 17.9 Å². The average Bonchev–Trinajstić information content (AvgIpc) is 3.02. The van der Waals surface area contributed by atoms with Crippen LogP contribution in [0.1, 0.15) is 30.8 Å². The zero-order valence-electron chi connectivity index (χ0n) is 14.6. The summed E-state index contributed by atoms with van der Waals surface area (Å²) >= 11 is 0. The lowest BCUT2D eigenvalue weighted by molar-refractivity contribution is -0.126. The van der Waals surface area contributed by atoms with Crippen molar-refractivity contribution in [1.29, 1.82) is 0 Å². The van der Waals surface area contributed by atoms with Gasteiger partial charge in [0.2, 0.25) is 5.91 Å². The topological polar surface area (TPSA) is 75.9 Å². The minimum atomic E-state index is 0.0154. The molecule has 2 aromatic rings. The fraction of sp³-hybridized carbons (Fsp3) is 0.556. The van der Waals surface area contributed by atoms with Gasteiger partial charge < -0.3 is 14.8 Å². The standard InChI is InChI=1S/C18H24N6O/c1-13-10-24-12-15(4-5-16(24)21-13)22-18(25)14-3-2-8-23(11-14)17-9-19-6-7-20-17/h6-7,9-10,14-15H,2-5,8,11-12H2,1H3,(H,22,25). The number of imidazole rings is 1. The molecule has 2 aromatic heterocycles. The van der Waals surface area contributed by atoms with Crippen LogP contribution >= 0.6 is 0 Å². The highest BCUT2D eigenvalue weighted by Crippen LogP contribution is 2.22. The molecular weight excluding hydrogens is 316 g/mol. The second-order valence-electron chi connectivity index (χ2n) is 7.04. The van der Waals surface area contributed by atoms with Gasteiger partial charge in [0.15, 0.2) is 0 Å². The van der Waals surface area contributed by atoms with Crippen LogP contribution in [0.2, 0.25) is 0 Å². The van der Waals surface area contributed by atoms with Gasteiger partial charge in [-0.25, -0.2) is 9.97 Å². The Labute approximate surface area is 147 Å². The normalized spacial score (nSPS) is 23.2. The van der Waals surface area contributed by atoms with Crippen LogP contribution in [0.25, 0.3) is 0 Å². The zero-order chi connectivity index (χ0) is 17.2. The number of carbonyl (C=O) groups is 1. The van der Waals surface area contributed by atoms with Gasteiger partial charge in [-0.2, -0.15) is 0 Å². The Balaban J connectivity index is 1.36. The number of anilines is 1. The van der Waals surface area contributed by atoms with Crippen molar-refractivity contribution in [3.63, 3.8) is 0 Å². The van der Waals surface area contributed by atoms with Crippen molar-refractivity contribution >= 4 is 11.7 Å². The van der Waals surface area contributed by atoms with Crippen molar-refractivity contribution in [1.82, 2.24) is 24.8 Å². The second kappa shape index (κ2) is 6.82. The maximum absolute atomic E-state index is 12.8. The van der Waals surface area contributed by atoms with Crippen molar-refractivity contribution in [2.75, 3.05) is 18.0 Å². The quantitative estimate of drug-likeness (QED) is 0.912. The van der Waals surface area contributed by atoms with Gasteiger partial charge in [-0.3, -0.25) is 9.78 Å². The van der Waals surface area contributed by atoms with E-state index in [1.807, 2.05) is 6.92 Å². The van der Waals surface area contributed by atoms with Crippen molar-refractivity contribution in [2.24, 2.45) is 5.92 Å². The number of hydrogen-bond acceptors (Lipinski definition) is 5. The molecule has 2 atom stereocenters. The molecule has 25 heavy (non-hydrogen) atoms. The van der Waals surface area contributed by atoms with E-state index in [0.717, 1.165) is 56.1 Å². The summed E-state index contributed by atoms with van der Waals surface area (Å²) in [7, 11) is 0. The summed E-state index contributed by atoms with van der Waals surface area (Å²) in [5.74, 6) is 2.17. The number of aryl methyl sites for hydroxylation is 2. The Kier molecular flexibility index (Phi) is 4.38. The molecule has 2 unspecified atom stereocenters. The molecule has 4 heterocycles. The smallest absolute Gasteiger partial charge is 0.225 e. The molecule has 0 aromatic carbocycles. The van der Waals surface area contributed by atoms with Gasteiger partial charge in [0.1, 0.15) is 11.6 Å². The summed E-state index contributed by atoms with van der Waals surface area (Å²) in [6.07, 6.45) is 11.0. The van der Waals surface area contributed by atoms with Gasteiger partial charge in [0.25, 0.3) is 0 Å². The molecule has 4 rings (SSSR count). The first kappa shape index (κ1) is 16.1. The number of amides is 1. The molecule has 1 fully saturated rings. The van der Waals surface area contributed by atoms with Crippen LogP contribution in [-0.4, -0.2) is 44.6 Å². The Morgan fingerprint density at radius 3 is 3.04 bits per heavy atom. The van der Waals surface area contributed by atoms with Gasteiger partial charge in [0, 0.05) is 50.7 Å². The number of piperidine rings is 1. The first-order valence-electron chi connectivity index (χ1n) is 9.03. The summed E-state index contributed by atoms with van der Waals surface area (Å²) in [6, 6.07) is 0.195. The van der Waals surface area contributed by atoms with Crippen molar-refractivity contribution < 1.29 is 4.79 Å². The van der Waals surface area contributed by atoms with E-state index >= 15 is 0 Å². The lowest BCUT2D eigenvalue weighted by Gasteiger charge is -2.34. The second-order valence-corrected chi connectivity index (χ2v) is 7.04. The molecule has 1 N–H and O–H groups in total. The lowest BCUT2D eigenvalue weighted by atomic mass is 9.96. The Morgan fingerprint density at radius 2 is 2.20 bits per heavy atom. The van der Waals surface area contributed by atoms with E-state index in [0.29, 0.717) is 6.54 Å². The molecule has 0 saturated carbocycles. The largest absolute Gasteiger partial charge is 0.355 e. The fourth-order valence-corrected chi connectivity index (χ4v) is 3.88. The summed E-state index contributed by atoms with van der Waals surface area (Å²) in [5.41, 5.74) is 1.05. The zero-order valence-corrected chi connectivity index (χ0v) is 14.6. The number of rotatable bonds is 3. The third kappa shape index (κ3) is 3.50. The maximum Gasteiger partial charge on any atom is 0.225 e. The molecule has 7 nitrogen and oxygen atoms in total. The van der Waals surface area contributed by atoms with Crippen LogP contribution in [0.4, 0.5) is 5.82 Å². The highest BCUT2D eigenvalue weighted by molar-refractivity contribution is 5.79. The number of fused-ring (bicyclic) bond motifs is 1. The Hall–Kier alpha value is -2.44. The number of carbonyl (C=O) groups excluding carboxylic acids is 1. The van der Waals surface area contributed by atoms with Crippen LogP contribution in [-0.2, 0) is 17.8 Å². The molecule has 0 bridgehead atoms. The van der Waals surface area contributed by atoms with Crippen LogP contribution < -0.4 is 10.2 Å². The number of hydrogen-bond donors (Lipinski definition) is 1. The summed E-state index contributed by atoms with van der Waals surface area (Å²) < 4.78 is 2.18. The summed E-state index contributed by atoms with van der Waals surface area (Å²) in [5, 5.41) is 3.26. The van der Waals surface area contributed by atoms with E-state index in [2.05, 4.69) is 35.9 Å².